The average molecular weight is 305 g/mol. The molecule has 3 heteroatoms. The molecule has 0 bridgehead atoms. The van der Waals surface area contributed by atoms with E-state index in [0.717, 1.165) is 21.6 Å². The third-order valence-electron chi connectivity index (χ3n) is 2.35. The minimum atomic E-state index is -2.28. The molecule has 0 rings (SSSR count). The fourth-order valence-corrected chi connectivity index (χ4v) is 5.26. The number of carbonyl (C=O) groups is 1. The number of hydrogen-bond acceptors (Lipinski definition) is 2. The van der Waals surface area contributed by atoms with Gasteiger partial charge in [0.25, 0.3) is 0 Å². The second-order valence-electron chi connectivity index (χ2n) is 3.76. The number of rotatable bonds is 10. The Labute approximate surface area is 94.6 Å². The van der Waals surface area contributed by atoms with Crippen LogP contribution in [-0.4, -0.2) is 26.0 Å². The SMILES string of the molecule is CCCCCCC[CH2][Sn](=[O])[CH2]CC=O. The van der Waals surface area contributed by atoms with Crippen molar-refractivity contribution >= 4 is 26.0 Å². The predicted octanol–water partition coefficient (Wildman–Crippen LogP) is 3.36. The van der Waals surface area contributed by atoms with E-state index in [-0.39, 0.29) is 0 Å². The number of aldehydes is 1. The van der Waals surface area contributed by atoms with Crippen LogP contribution in [-0.2, 0) is 7.87 Å². The quantitative estimate of drug-likeness (QED) is 0.352. The summed E-state index contributed by atoms with van der Waals surface area (Å²) in [6, 6.07) is 0. The summed E-state index contributed by atoms with van der Waals surface area (Å²) in [7, 11) is 0. The Hall–Kier alpha value is 0.269. The van der Waals surface area contributed by atoms with Gasteiger partial charge >= 0.3 is 94.6 Å². The number of carbonyl (C=O) groups excluding carboxylic acids is 1. The summed E-state index contributed by atoms with van der Waals surface area (Å²) in [5.41, 5.74) is 0. The van der Waals surface area contributed by atoms with Crippen LogP contribution in [0.2, 0.25) is 8.87 Å². The van der Waals surface area contributed by atoms with Crippen LogP contribution in [0, 0.1) is 0 Å². The Morgan fingerprint density at radius 3 is 2.29 bits per heavy atom. The van der Waals surface area contributed by atoms with Gasteiger partial charge in [0.15, 0.2) is 0 Å². The molecule has 0 aliphatic heterocycles. The molecule has 0 radical (unpaired) electrons. The van der Waals surface area contributed by atoms with Gasteiger partial charge in [0.1, 0.15) is 0 Å². The molecule has 2 nitrogen and oxygen atoms in total. The van der Waals surface area contributed by atoms with Crippen LogP contribution in [0.15, 0.2) is 0 Å². The molecule has 0 aromatic rings. The predicted molar refractivity (Wildman–Crippen MR) is 60.1 cm³/mol. The van der Waals surface area contributed by atoms with Crippen LogP contribution in [0.4, 0.5) is 0 Å². The first kappa shape index (κ1) is 14.3. The van der Waals surface area contributed by atoms with Gasteiger partial charge in [-0.3, -0.25) is 0 Å². The zero-order chi connectivity index (χ0) is 10.6. The van der Waals surface area contributed by atoms with Crippen LogP contribution in [0.1, 0.15) is 51.9 Å². The zero-order valence-electron chi connectivity index (χ0n) is 9.26. The van der Waals surface area contributed by atoms with E-state index in [2.05, 4.69) is 6.92 Å². The second kappa shape index (κ2) is 11.3. The van der Waals surface area contributed by atoms with Crippen LogP contribution in [0.25, 0.3) is 0 Å². The van der Waals surface area contributed by atoms with Crippen molar-refractivity contribution in [3.63, 3.8) is 0 Å². The fourth-order valence-electron chi connectivity index (χ4n) is 1.45. The van der Waals surface area contributed by atoms with E-state index in [0.29, 0.717) is 6.42 Å². The van der Waals surface area contributed by atoms with Gasteiger partial charge in [0.05, 0.1) is 0 Å². The third-order valence-corrected chi connectivity index (χ3v) is 7.37. The van der Waals surface area contributed by atoms with Crippen molar-refractivity contribution < 1.29 is 7.87 Å². The summed E-state index contributed by atoms with van der Waals surface area (Å²) in [5.74, 6) is 0. The number of unbranched alkanes of at least 4 members (excludes halogenated alkanes) is 5. The fraction of sp³-hybridized carbons (Fsp3) is 0.909. The number of hydrogen-bond donors (Lipinski definition) is 0. The van der Waals surface area contributed by atoms with Crippen molar-refractivity contribution in [1.29, 1.82) is 0 Å². The molecule has 0 N–H and O–H groups in total. The van der Waals surface area contributed by atoms with Crippen molar-refractivity contribution in [1.82, 2.24) is 0 Å². The maximum atomic E-state index is 11.4. The Morgan fingerprint density at radius 1 is 1.00 bits per heavy atom. The normalized spacial score (nSPS) is 10.1. The summed E-state index contributed by atoms with van der Waals surface area (Å²) in [5, 5.41) is 0. The van der Waals surface area contributed by atoms with Gasteiger partial charge in [0.2, 0.25) is 0 Å². The van der Waals surface area contributed by atoms with Crippen LogP contribution < -0.4 is 0 Å². The van der Waals surface area contributed by atoms with Gasteiger partial charge in [-0.05, 0) is 0 Å². The van der Waals surface area contributed by atoms with Gasteiger partial charge in [-0.2, -0.15) is 0 Å². The molecule has 0 aromatic carbocycles. The van der Waals surface area contributed by atoms with Gasteiger partial charge < -0.3 is 0 Å². The topological polar surface area (TPSA) is 34.1 Å². The van der Waals surface area contributed by atoms with Crippen LogP contribution in [0.5, 0.6) is 0 Å². The molecule has 14 heavy (non-hydrogen) atoms. The minimum absolute atomic E-state index is 0.522. The summed E-state index contributed by atoms with van der Waals surface area (Å²) in [6.45, 7) is 2.21. The van der Waals surface area contributed by atoms with E-state index in [1.165, 1.54) is 32.1 Å². The van der Waals surface area contributed by atoms with Crippen molar-refractivity contribution in [2.24, 2.45) is 0 Å². The Morgan fingerprint density at radius 2 is 1.64 bits per heavy atom. The van der Waals surface area contributed by atoms with Crippen molar-refractivity contribution in [2.75, 3.05) is 0 Å². The molecule has 0 unspecified atom stereocenters. The molecule has 0 aliphatic rings. The van der Waals surface area contributed by atoms with Crippen LogP contribution in [0.3, 0.4) is 0 Å². The van der Waals surface area contributed by atoms with E-state index >= 15 is 0 Å². The monoisotopic (exact) mass is 306 g/mol. The van der Waals surface area contributed by atoms with E-state index in [4.69, 9.17) is 0 Å². The molecule has 0 saturated carbocycles. The van der Waals surface area contributed by atoms with E-state index in [1.807, 2.05) is 0 Å². The summed E-state index contributed by atoms with van der Waals surface area (Å²) >= 11 is -2.28. The third kappa shape index (κ3) is 10.4. The van der Waals surface area contributed by atoms with Crippen molar-refractivity contribution in [2.45, 2.75) is 60.7 Å². The van der Waals surface area contributed by atoms with E-state index in [9.17, 15) is 7.87 Å². The standard InChI is InChI=1S/C8H17.C3H5O.O.Sn/c1-3-5-7-8-6-4-2;1-2-3-4;;/h1,3-8H2,2H3;3H,1-2H2;;. The summed E-state index contributed by atoms with van der Waals surface area (Å²) in [6.07, 6.45) is 8.98. The van der Waals surface area contributed by atoms with Crippen LogP contribution >= 0.6 is 0 Å². The van der Waals surface area contributed by atoms with Crippen molar-refractivity contribution in [3.05, 3.63) is 0 Å². The second-order valence-corrected chi connectivity index (χ2v) is 9.69. The molecule has 0 aliphatic carbocycles. The Bertz CT molecular complexity index is 157. The summed E-state index contributed by atoms with van der Waals surface area (Å²) in [4.78, 5) is 10.1. The Balaban J connectivity index is 3.10. The maximum absolute atomic E-state index is 11.4. The molecule has 0 heterocycles. The first-order valence-corrected chi connectivity index (χ1v) is 11.0. The van der Waals surface area contributed by atoms with E-state index in [1.54, 1.807) is 0 Å². The van der Waals surface area contributed by atoms with Gasteiger partial charge in [0, 0.05) is 0 Å². The first-order chi connectivity index (χ1) is 6.81. The molecule has 0 fully saturated rings. The van der Waals surface area contributed by atoms with Gasteiger partial charge in [-0.25, -0.2) is 0 Å². The van der Waals surface area contributed by atoms with Crippen molar-refractivity contribution in [3.8, 4) is 0 Å². The average Bonchev–Trinajstić information content (AvgIpc) is 2.20. The molecular formula is C11H22O2Sn. The zero-order valence-corrected chi connectivity index (χ0v) is 12.1. The van der Waals surface area contributed by atoms with E-state index < -0.39 is 19.7 Å². The Kier molecular flexibility index (Phi) is 11.6. The molecule has 0 spiro atoms. The molecule has 0 atom stereocenters. The first-order valence-electron chi connectivity index (χ1n) is 5.76. The van der Waals surface area contributed by atoms with Gasteiger partial charge in [-0.15, -0.1) is 0 Å². The summed E-state index contributed by atoms with van der Waals surface area (Å²) < 4.78 is 13.1. The molecule has 0 saturated heterocycles. The molecule has 0 aromatic heterocycles. The molecular weight excluding hydrogens is 283 g/mol. The molecule has 0 amide bonds. The van der Waals surface area contributed by atoms with Gasteiger partial charge in [-0.1, -0.05) is 0 Å². The molecule has 82 valence electrons.